The molecule has 0 radical (unpaired) electrons. The van der Waals surface area contributed by atoms with E-state index in [1.807, 2.05) is 4.90 Å². The molecule has 1 aliphatic rings. The fourth-order valence-corrected chi connectivity index (χ4v) is 5.80. The molecule has 5 rings (SSSR count). The maximum absolute atomic E-state index is 13.8. The zero-order valence-electron chi connectivity index (χ0n) is 22.1. The highest BCUT2D eigenvalue weighted by molar-refractivity contribution is 7.18. The highest BCUT2D eigenvalue weighted by Crippen LogP contribution is 2.25. The quantitative estimate of drug-likeness (QED) is 0.266. The Kier molecular flexibility index (Phi) is 7.70. The van der Waals surface area contributed by atoms with Gasteiger partial charge in [0.25, 0.3) is 5.56 Å². The summed E-state index contributed by atoms with van der Waals surface area (Å²) in [6.45, 7) is 2.34. The fraction of sp³-hybridized carbons (Fsp3) is 0.423. The predicted molar refractivity (Wildman–Crippen MR) is 150 cm³/mol. The number of nitrogens with one attached hydrogen (secondary N) is 1. The number of hydrogen-bond acceptors (Lipinski definition) is 9. The number of benzene rings is 1. The van der Waals surface area contributed by atoms with Crippen molar-refractivity contribution in [2.24, 2.45) is 12.8 Å². The molecule has 0 spiro atoms. The van der Waals surface area contributed by atoms with Crippen molar-refractivity contribution >= 4 is 44.6 Å². The largest absolute Gasteiger partial charge is 0.394 e. The number of imidazole rings is 1. The molecule has 0 bridgehead atoms. The van der Waals surface area contributed by atoms with Crippen LogP contribution in [0.25, 0.3) is 21.4 Å². The molecule has 0 aliphatic carbocycles. The summed E-state index contributed by atoms with van der Waals surface area (Å²) in [6, 6.07) is 3.02. The average molecular weight is 569 g/mol. The molecular weight excluding hydrogens is 539 g/mol. The number of rotatable bonds is 7. The molecule has 14 heteroatoms. The molecule has 40 heavy (non-hydrogen) atoms. The van der Waals surface area contributed by atoms with Crippen molar-refractivity contribution in [2.75, 3.05) is 24.6 Å². The molecule has 1 fully saturated rings. The van der Waals surface area contributed by atoms with Gasteiger partial charge in [0.2, 0.25) is 11.9 Å². The number of carbonyl (C=O) groups is 1. The monoisotopic (exact) mass is 568 g/mol. The number of aromatic nitrogens is 5. The van der Waals surface area contributed by atoms with Crippen molar-refractivity contribution in [1.82, 2.24) is 29.0 Å². The molecule has 0 unspecified atom stereocenters. The molecule has 1 amide bonds. The van der Waals surface area contributed by atoms with Crippen molar-refractivity contribution in [3.8, 4) is 11.8 Å². The number of hydrogen-bond donors (Lipinski definition) is 3. The fourth-order valence-electron chi connectivity index (χ4n) is 4.87. The van der Waals surface area contributed by atoms with Crippen molar-refractivity contribution in [3.05, 3.63) is 49.9 Å². The predicted octanol–water partition coefficient (Wildman–Crippen LogP) is 0.122. The van der Waals surface area contributed by atoms with Gasteiger partial charge in [-0.25, -0.2) is 14.2 Å². The number of aliphatic hydroxyl groups is 1. The lowest BCUT2D eigenvalue weighted by Gasteiger charge is -2.34. The molecule has 1 aromatic carbocycles. The summed E-state index contributed by atoms with van der Waals surface area (Å²) in [6.07, 6.45) is 1.45. The summed E-state index contributed by atoms with van der Waals surface area (Å²) in [5, 5.41) is 12.6. The van der Waals surface area contributed by atoms with E-state index in [4.69, 9.17) is 10.7 Å². The highest BCUT2D eigenvalue weighted by Gasteiger charge is 2.29. The van der Waals surface area contributed by atoms with Crippen LogP contribution in [0, 0.1) is 17.7 Å². The molecular formula is C26H29FN8O4S. The number of aryl methyl sites for hydroxylation is 1. The zero-order valence-corrected chi connectivity index (χ0v) is 22.9. The molecule has 1 saturated heterocycles. The first kappa shape index (κ1) is 27.5. The summed E-state index contributed by atoms with van der Waals surface area (Å²) >= 11 is 1.29. The molecule has 3 aromatic heterocycles. The van der Waals surface area contributed by atoms with Crippen LogP contribution in [0.5, 0.6) is 0 Å². The number of nitrogens with zero attached hydrogens (tertiary/aromatic N) is 6. The van der Waals surface area contributed by atoms with E-state index >= 15 is 0 Å². The van der Waals surface area contributed by atoms with Gasteiger partial charge in [-0.05, 0) is 31.9 Å². The lowest BCUT2D eigenvalue weighted by molar-refractivity contribution is -0.123. The van der Waals surface area contributed by atoms with Crippen molar-refractivity contribution in [1.29, 1.82) is 0 Å². The summed E-state index contributed by atoms with van der Waals surface area (Å²) in [5.41, 5.74) is 5.48. The van der Waals surface area contributed by atoms with E-state index in [0.29, 0.717) is 36.0 Å². The van der Waals surface area contributed by atoms with Crippen LogP contribution in [-0.4, -0.2) is 66.5 Å². The maximum atomic E-state index is 13.8. The Hall–Kier alpha value is -4.06. The van der Waals surface area contributed by atoms with Crippen LogP contribution in [0.4, 0.5) is 10.3 Å². The number of halogens is 1. The molecule has 4 heterocycles. The van der Waals surface area contributed by atoms with E-state index in [0.717, 1.165) is 15.7 Å². The van der Waals surface area contributed by atoms with Crippen molar-refractivity contribution < 1.29 is 14.3 Å². The number of nitrogens with two attached hydrogens (primary N) is 1. The average Bonchev–Trinajstić information content (AvgIpc) is 3.53. The van der Waals surface area contributed by atoms with E-state index in [9.17, 15) is 23.9 Å². The number of aliphatic hydroxyl groups excluding tert-OH is 1. The van der Waals surface area contributed by atoms with Crippen LogP contribution in [0.2, 0.25) is 0 Å². The third-order valence-corrected chi connectivity index (χ3v) is 7.92. The van der Waals surface area contributed by atoms with Gasteiger partial charge in [0.05, 0.1) is 29.9 Å². The van der Waals surface area contributed by atoms with Crippen LogP contribution in [0.15, 0.2) is 27.8 Å². The standard InChI is InChI=1S/C26H29FN8O4S/c1-3-4-10-34-21-22(31-25(34)33-9-5-6-16(12-33)29-23(37)17(28)14-36)32(2)26(39)35(24(21)38)13-20-30-18-11-15(27)7-8-19(18)40-20/h7-8,11,16-17,36H,5-6,9-10,12-14,28H2,1-2H3,(H,29,37)/t16-,17+/m1/s1. The Morgan fingerprint density at radius 2 is 2.12 bits per heavy atom. The van der Waals surface area contributed by atoms with E-state index in [2.05, 4.69) is 22.1 Å². The number of carbonyl (C=O) groups excluding carboxylic acids is 1. The minimum atomic E-state index is -1.01. The van der Waals surface area contributed by atoms with Gasteiger partial charge in [0, 0.05) is 32.2 Å². The summed E-state index contributed by atoms with van der Waals surface area (Å²) in [7, 11) is 1.55. The van der Waals surface area contributed by atoms with Gasteiger partial charge in [0.15, 0.2) is 11.2 Å². The highest BCUT2D eigenvalue weighted by atomic mass is 32.1. The smallest absolute Gasteiger partial charge is 0.332 e. The van der Waals surface area contributed by atoms with E-state index < -0.39 is 35.6 Å². The molecule has 1 aliphatic heterocycles. The second-order valence-electron chi connectivity index (χ2n) is 9.63. The lowest BCUT2D eigenvalue weighted by atomic mass is 10.1. The summed E-state index contributed by atoms with van der Waals surface area (Å²) in [4.78, 5) is 50.5. The molecule has 2 atom stereocenters. The molecule has 0 saturated carbocycles. The topological polar surface area (TPSA) is 153 Å². The SMILES string of the molecule is CC#CCn1c(N2CCC[C@@H](NC(=O)[C@@H](N)CO)C2)nc2c1c(=O)n(Cc1nc3cc(F)ccc3s1)c(=O)n2C. The van der Waals surface area contributed by atoms with Crippen LogP contribution in [-0.2, 0) is 24.9 Å². The first-order valence-corrected chi connectivity index (χ1v) is 13.6. The molecule has 4 N–H and O–H groups in total. The van der Waals surface area contributed by atoms with Gasteiger partial charge < -0.3 is 21.1 Å². The minimum Gasteiger partial charge on any atom is -0.394 e. The number of piperidine rings is 1. The number of fused-ring (bicyclic) bond motifs is 2. The number of anilines is 1. The summed E-state index contributed by atoms with van der Waals surface area (Å²) < 4.78 is 18.5. The van der Waals surface area contributed by atoms with Gasteiger partial charge in [0.1, 0.15) is 16.9 Å². The molecule has 4 aromatic rings. The van der Waals surface area contributed by atoms with Gasteiger partial charge in [-0.2, -0.15) is 4.98 Å². The first-order valence-electron chi connectivity index (χ1n) is 12.8. The maximum Gasteiger partial charge on any atom is 0.332 e. The number of thiazole rings is 1. The second-order valence-corrected chi connectivity index (χ2v) is 10.7. The Morgan fingerprint density at radius 1 is 1.32 bits per heavy atom. The third kappa shape index (κ3) is 5.10. The number of amides is 1. The van der Waals surface area contributed by atoms with Gasteiger partial charge in [-0.15, -0.1) is 17.3 Å². The van der Waals surface area contributed by atoms with E-state index in [1.54, 1.807) is 24.6 Å². The normalized spacial score (nSPS) is 16.2. The van der Waals surface area contributed by atoms with Crippen LogP contribution in [0.3, 0.4) is 0 Å². The Labute approximate surface area is 231 Å². The third-order valence-electron chi connectivity index (χ3n) is 6.90. The van der Waals surface area contributed by atoms with Crippen LogP contribution >= 0.6 is 11.3 Å². The van der Waals surface area contributed by atoms with Gasteiger partial charge in [-0.1, -0.05) is 5.92 Å². The van der Waals surface area contributed by atoms with Crippen molar-refractivity contribution in [2.45, 2.75) is 44.9 Å². The van der Waals surface area contributed by atoms with Crippen LogP contribution < -0.4 is 27.2 Å². The first-order chi connectivity index (χ1) is 19.2. The van der Waals surface area contributed by atoms with E-state index in [1.165, 1.54) is 28.0 Å². The van der Waals surface area contributed by atoms with Gasteiger partial charge >= 0.3 is 5.69 Å². The molecule has 12 nitrogen and oxygen atoms in total. The Bertz CT molecular complexity index is 1780. The minimum absolute atomic E-state index is 0.0781. The van der Waals surface area contributed by atoms with Crippen molar-refractivity contribution in [3.63, 3.8) is 0 Å². The van der Waals surface area contributed by atoms with E-state index in [-0.39, 0.29) is 30.3 Å². The lowest BCUT2D eigenvalue weighted by Crippen LogP contribution is -2.53. The Balaban J connectivity index is 1.56. The van der Waals surface area contributed by atoms with Gasteiger partial charge in [-0.3, -0.25) is 23.3 Å². The summed E-state index contributed by atoms with van der Waals surface area (Å²) in [5.74, 6) is 5.44. The molecule has 210 valence electrons. The second kappa shape index (κ2) is 11.2. The Morgan fingerprint density at radius 3 is 2.88 bits per heavy atom. The zero-order chi connectivity index (χ0) is 28.6. The van der Waals surface area contributed by atoms with Crippen LogP contribution in [0.1, 0.15) is 24.8 Å².